The van der Waals surface area contributed by atoms with E-state index in [1.54, 1.807) is 20.8 Å². The molecule has 0 radical (unpaired) electrons. The van der Waals surface area contributed by atoms with Crippen LogP contribution < -0.4 is 23.7 Å². The fourth-order valence-corrected chi connectivity index (χ4v) is 3.94. The van der Waals surface area contributed by atoms with Crippen LogP contribution in [0, 0.1) is 20.8 Å². The summed E-state index contributed by atoms with van der Waals surface area (Å²) >= 11 is 0. The number of ether oxygens (including phenoxy) is 11. The first kappa shape index (κ1) is 43.4. The quantitative estimate of drug-likeness (QED) is 0.0425. The van der Waals surface area contributed by atoms with Crippen LogP contribution in [0.4, 0.5) is 14.4 Å². The Morgan fingerprint density at radius 1 is 0.439 bits per heavy atom. The molecular formula is C38H32O19. The maximum Gasteiger partial charge on any atom is 0.516 e. The highest BCUT2D eigenvalue weighted by Crippen LogP contribution is 2.33. The summed E-state index contributed by atoms with van der Waals surface area (Å²) in [5.74, 6) is -5.15. The van der Waals surface area contributed by atoms with Gasteiger partial charge in [0.1, 0.15) is 17.2 Å². The third kappa shape index (κ3) is 13.4. The molecule has 0 amide bonds. The molecule has 0 bridgehead atoms. The Labute approximate surface area is 322 Å². The van der Waals surface area contributed by atoms with Gasteiger partial charge < -0.3 is 52.1 Å². The minimum Gasteiger partial charge on any atom is -0.425 e. The van der Waals surface area contributed by atoms with Crippen LogP contribution in [0.2, 0.25) is 0 Å². The van der Waals surface area contributed by atoms with Crippen molar-refractivity contribution in [2.75, 3.05) is 20.4 Å². The largest absolute Gasteiger partial charge is 0.516 e. The van der Waals surface area contributed by atoms with Crippen LogP contribution in [0.5, 0.6) is 28.7 Å². The van der Waals surface area contributed by atoms with Gasteiger partial charge in [-0.25, -0.2) is 38.4 Å². The standard InChI is InChI=1S/C38H32O19/c1-7-31(39)47-18-50-36(44)55-26-12-10-24(16-21(26)4)34(42)53-27-14-15-28(23(6)22(27)5)54-35(43)25-11-13-29(56-37(45)51-19-48-32(40)8-2)30(17-25)57-38(46)52-20-49-33(41)9-3/h7-17H,1-3,18-20H2,4-6H3. The van der Waals surface area contributed by atoms with E-state index in [-0.39, 0.29) is 28.4 Å². The summed E-state index contributed by atoms with van der Waals surface area (Å²) in [6.07, 6.45) is -1.49. The monoisotopic (exact) mass is 792 g/mol. The Balaban J connectivity index is 1.72. The molecular weight excluding hydrogens is 760 g/mol. The highest BCUT2D eigenvalue weighted by molar-refractivity contribution is 5.93. The number of aryl methyl sites for hydroxylation is 1. The maximum atomic E-state index is 13.2. The summed E-state index contributed by atoms with van der Waals surface area (Å²) in [4.78, 5) is 96.0. The lowest BCUT2D eigenvalue weighted by molar-refractivity contribution is -0.147. The minimum absolute atomic E-state index is 0.0460. The van der Waals surface area contributed by atoms with Crippen molar-refractivity contribution in [2.24, 2.45) is 0 Å². The fraction of sp³-hybridized carbons (Fsp3) is 0.158. The zero-order valence-corrected chi connectivity index (χ0v) is 30.4. The second-order valence-corrected chi connectivity index (χ2v) is 10.6. The third-order valence-corrected chi connectivity index (χ3v) is 6.90. The van der Waals surface area contributed by atoms with E-state index in [2.05, 4.69) is 48.2 Å². The SMILES string of the molecule is C=CC(=O)OCOC(=O)Oc1ccc(C(=O)Oc2ccc(OC(=O)c3ccc(OC(=O)OCOC(=O)C=C)c(OC(=O)OCOC(=O)C=C)c3)c(C)c2C)cc1C. The highest BCUT2D eigenvalue weighted by atomic mass is 16.8. The van der Waals surface area contributed by atoms with Gasteiger partial charge in [0.15, 0.2) is 11.5 Å². The van der Waals surface area contributed by atoms with Crippen LogP contribution in [0.15, 0.2) is 86.5 Å². The lowest BCUT2D eigenvalue weighted by Gasteiger charge is -2.15. The van der Waals surface area contributed by atoms with Gasteiger partial charge in [0, 0.05) is 18.2 Å². The molecule has 0 aliphatic rings. The van der Waals surface area contributed by atoms with Gasteiger partial charge >= 0.3 is 48.3 Å². The molecule has 3 rings (SSSR count). The van der Waals surface area contributed by atoms with Crippen molar-refractivity contribution in [3.63, 3.8) is 0 Å². The molecule has 0 aliphatic carbocycles. The summed E-state index contributed by atoms with van der Waals surface area (Å²) in [6, 6.07) is 9.95. The van der Waals surface area contributed by atoms with E-state index in [4.69, 9.17) is 23.7 Å². The topological polar surface area (TPSA) is 238 Å². The molecule has 3 aromatic carbocycles. The van der Waals surface area contributed by atoms with E-state index in [9.17, 15) is 38.4 Å². The van der Waals surface area contributed by atoms with E-state index < -0.39 is 80.2 Å². The summed E-state index contributed by atoms with van der Waals surface area (Å²) in [5.41, 5.74) is 1.04. The van der Waals surface area contributed by atoms with Crippen LogP contribution >= 0.6 is 0 Å². The van der Waals surface area contributed by atoms with Crippen molar-refractivity contribution in [1.29, 1.82) is 0 Å². The molecule has 0 N–H and O–H groups in total. The van der Waals surface area contributed by atoms with E-state index in [0.29, 0.717) is 16.7 Å². The van der Waals surface area contributed by atoms with Crippen LogP contribution in [0.1, 0.15) is 37.4 Å². The predicted octanol–water partition coefficient (Wildman–Crippen LogP) is 5.66. The molecule has 0 aliphatic heterocycles. The van der Waals surface area contributed by atoms with Crippen molar-refractivity contribution in [2.45, 2.75) is 20.8 Å². The van der Waals surface area contributed by atoms with E-state index in [1.807, 2.05) is 0 Å². The van der Waals surface area contributed by atoms with Gasteiger partial charge in [-0.05, 0) is 86.0 Å². The number of carbonyl (C=O) groups excluding carboxylic acids is 8. The summed E-state index contributed by atoms with van der Waals surface area (Å²) in [7, 11) is 0. The summed E-state index contributed by atoms with van der Waals surface area (Å²) < 4.78 is 53.7. The highest BCUT2D eigenvalue weighted by Gasteiger charge is 2.22. The average Bonchev–Trinajstić information content (AvgIpc) is 3.18. The van der Waals surface area contributed by atoms with E-state index >= 15 is 0 Å². The van der Waals surface area contributed by atoms with Gasteiger partial charge in [-0.1, -0.05) is 19.7 Å². The molecule has 0 heterocycles. The first-order valence-corrected chi connectivity index (χ1v) is 15.9. The number of rotatable bonds is 16. The molecule has 298 valence electrons. The Morgan fingerprint density at radius 3 is 1.19 bits per heavy atom. The first-order chi connectivity index (χ1) is 27.1. The first-order valence-electron chi connectivity index (χ1n) is 15.9. The minimum atomic E-state index is -1.45. The zero-order valence-electron chi connectivity index (χ0n) is 30.4. The van der Waals surface area contributed by atoms with Crippen molar-refractivity contribution in [3.05, 3.63) is 114 Å². The molecule has 57 heavy (non-hydrogen) atoms. The normalized spacial score (nSPS) is 9.95. The van der Waals surface area contributed by atoms with Crippen LogP contribution in [0.3, 0.4) is 0 Å². The number of esters is 5. The van der Waals surface area contributed by atoms with Gasteiger partial charge in [-0.2, -0.15) is 0 Å². The van der Waals surface area contributed by atoms with Gasteiger partial charge in [-0.3, -0.25) is 0 Å². The Bertz CT molecular complexity index is 2100. The Kier molecular flexibility index (Phi) is 16.1. The predicted molar refractivity (Wildman–Crippen MR) is 188 cm³/mol. The van der Waals surface area contributed by atoms with Crippen molar-refractivity contribution < 1.29 is 90.5 Å². The van der Waals surface area contributed by atoms with Crippen molar-refractivity contribution in [1.82, 2.24) is 0 Å². The van der Waals surface area contributed by atoms with E-state index in [0.717, 1.165) is 36.4 Å². The fourth-order valence-electron chi connectivity index (χ4n) is 3.94. The molecule has 3 aromatic rings. The maximum absolute atomic E-state index is 13.2. The van der Waals surface area contributed by atoms with E-state index in [1.165, 1.54) is 30.3 Å². The third-order valence-electron chi connectivity index (χ3n) is 6.90. The van der Waals surface area contributed by atoms with Gasteiger partial charge in [-0.15, -0.1) is 0 Å². The second kappa shape index (κ2) is 21.1. The smallest absolute Gasteiger partial charge is 0.425 e. The number of carbonyl (C=O) groups is 8. The zero-order chi connectivity index (χ0) is 42.1. The number of hydrogen-bond acceptors (Lipinski definition) is 19. The van der Waals surface area contributed by atoms with Crippen LogP contribution in [-0.2, 0) is 42.8 Å². The van der Waals surface area contributed by atoms with Crippen LogP contribution in [-0.4, -0.2) is 68.7 Å². The lowest BCUT2D eigenvalue weighted by Crippen LogP contribution is -2.18. The Hall–Kier alpha value is -7.96. The number of benzene rings is 3. The molecule has 0 atom stereocenters. The molecule has 0 unspecified atom stereocenters. The van der Waals surface area contributed by atoms with Crippen LogP contribution in [0.25, 0.3) is 0 Å². The molecule has 0 saturated carbocycles. The van der Waals surface area contributed by atoms with Crippen molar-refractivity contribution in [3.8, 4) is 28.7 Å². The second-order valence-electron chi connectivity index (χ2n) is 10.6. The molecule has 0 saturated heterocycles. The van der Waals surface area contributed by atoms with Crippen molar-refractivity contribution >= 4 is 48.3 Å². The molecule has 19 nitrogen and oxygen atoms in total. The Morgan fingerprint density at radius 2 is 0.789 bits per heavy atom. The van der Waals surface area contributed by atoms with Gasteiger partial charge in [0.25, 0.3) is 0 Å². The lowest BCUT2D eigenvalue weighted by atomic mass is 10.1. The summed E-state index contributed by atoms with van der Waals surface area (Å²) in [6.45, 7) is 11.9. The molecule has 19 heteroatoms. The summed E-state index contributed by atoms with van der Waals surface area (Å²) in [5, 5.41) is 0. The molecule has 0 aromatic heterocycles. The number of hydrogen-bond donors (Lipinski definition) is 0. The van der Waals surface area contributed by atoms with Gasteiger partial charge in [0.05, 0.1) is 11.1 Å². The average molecular weight is 793 g/mol. The molecule has 0 spiro atoms. The molecule has 0 fully saturated rings. The van der Waals surface area contributed by atoms with Gasteiger partial charge in [0.2, 0.25) is 20.4 Å².